The van der Waals surface area contributed by atoms with Crippen molar-refractivity contribution >= 4 is 0 Å². The number of aryl methyl sites for hydroxylation is 2. The van der Waals surface area contributed by atoms with Gasteiger partial charge in [0.2, 0.25) is 0 Å². The van der Waals surface area contributed by atoms with Crippen LogP contribution in [-0.2, 0) is 0 Å². The Hall–Kier alpha value is -1.33. The van der Waals surface area contributed by atoms with Gasteiger partial charge in [0.25, 0.3) is 0 Å². The van der Waals surface area contributed by atoms with Gasteiger partial charge in [-0.1, -0.05) is 42.7 Å². The van der Waals surface area contributed by atoms with Gasteiger partial charge in [0.05, 0.1) is 18.1 Å². The first kappa shape index (κ1) is 12.7. The van der Waals surface area contributed by atoms with Crippen LogP contribution in [0.1, 0.15) is 42.6 Å². The molecular formula is C14H19NO. The molecule has 0 spiro atoms. The van der Waals surface area contributed by atoms with Crippen LogP contribution in [0.3, 0.4) is 0 Å². The quantitative estimate of drug-likeness (QED) is 0.841. The molecular weight excluding hydrogens is 198 g/mol. The number of aliphatic hydroxyl groups is 1. The molecule has 0 bridgehead atoms. The molecule has 0 aliphatic rings. The normalized spacial score (nSPS) is 14.2. The fourth-order valence-electron chi connectivity index (χ4n) is 2.02. The number of nitrogens with zero attached hydrogens (tertiary/aromatic N) is 1. The van der Waals surface area contributed by atoms with E-state index in [0.29, 0.717) is 0 Å². The van der Waals surface area contributed by atoms with E-state index in [1.807, 2.05) is 32.9 Å². The van der Waals surface area contributed by atoms with Gasteiger partial charge in [0.15, 0.2) is 0 Å². The second-order valence-electron chi connectivity index (χ2n) is 4.39. The maximum Gasteiger partial charge on any atom is 0.0948 e. The summed E-state index contributed by atoms with van der Waals surface area (Å²) in [5.41, 5.74) is 3.11. The van der Waals surface area contributed by atoms with Gasteiger partial charge in [-0.25, -0.2) is 0 Å². The topological polar surface area (TPSA) is 44.0 Å². The van der Waals surface area contributed by atoms with Crippen LogP contribution in [0.5, 0.6) is 0 Å². The van der Waals surface area contributed by atoms with Crippen LogP contribution in [0.25, 0.3) is 0 Å². The van der Waals surface area contributed by atoms with E-state index in [0.717, 1.165) is 29.5 Å². The summed E-state index contributed by atoms with van der Waals surface area (Å²) in [5, 5.41) is 19.2. The summed E-state index contributed by atoms with van der Waals surface area (Å²) in [5.74, 6) is -0.300. The van der Waals surface area contributed by atoms with Gasteiger partial charge in [-0.05, 0) is 25.8 Å². The summed E-state index contributed by atoms with van der Waals surface area (Å²) < 4.78 is 0. The molecule has 1 aromatic rings. The van der Waals surface area contributed by atoms with E-state index in [9.17, 15) is 5.11 Å². The van der Waals surface area contributed by atoms with Crippen LogP contribution in [-0.4, -0.2) is 5.11 Å². The number of aliphatic hydroxyl groups excluding tert-OH is 1. The molecule has 1 rings (SSSR count). The third kappa shape index (κ3) is 3.08. The van der Waals surface area contributed by atoms with E-state index in [-0.39, 0.29) is 5.92 Å². The SMILES string of the molecule is CCCC(C#N)C(O)c1cc(C)cc(C)c1. The molecule has 1 aromatic carbocycles. The summed E-state index contributed by atoms with van der Waals surface area (Å²) in [6.07, 6.45) is 0.994. The van der Waals surface area contributed by atoms with E-state index < -0.39 is 6.10 Å². The van der Waals surface area contributed by atoms with Crippen molar-refractivity contribution in [1.29, 1.82) is 5.26 Å². The zero-order valence-electron chi connectivity index (χ0n) is 10.2. The lowest BCUT2D eigenvalue weighted by molar-refractivity contribution is 0.130. The summed E-state index contributed by atoms with van der Waals surface area (Å²) in [6, 6.07) is 8.17. The van der Waals surface area contributed by atoms with Crippen molar-refractivity contribution in [2.45, 2.75) is 39.7 Å². The Morgan fingerprint density at radius 2 is 1.81 bits per heavy atom. The van der Waals surface area contributed by atoms with E-state index in [1.165, 1.54) is 0 Å². The second kappa shape index (κ2) is 5.67. The van der Waals surface area contributed by atoms with Crippen molar-refractivity contribution < 1.29 is 5.11 Å². The number of hydrogen-bond donors (Lipinski definition) is 1. The van der Waals surface area contributed by atoms with Crippen LogP contribution in [0.2, 0.25) is 0 Å². The van der Waals surface area contributed by atoms with Crippen LogP contribution in [0.15, 0.2) is 18.2 Å². The molecule has 0 saturated carbocycles. The lowest BCUT2D eigenvalue weighted by Gasteiger charge is -2.17. The molecule has 0 aromatic heterocycles. The Bertz CT molecular complexity index is 372. The predicted octanol–water partition coefficient (Wildman–Crippen LogP) is 3.28. The monoisotopic (exact) mass is 217 g/mol. The van der Waals surface area contributed by atoms with Crippen molar-refractivity contribution in [3.8, 4) is 6.07 Å². The van der Waals surface area contributed by atoms with Crippen molar-refractivity contribution in [2.24, 2.45) is 5.92 Å². The third-order valence-electron chi connectivity index (χ3n) is 2.73. The van der Waals surface area contributed by atoms with Crippen LogP contribution >= 0.6 is 0 Å². The third-order valence-corrected chi connectivity index (χ3v) is 2.73. The number of nitriles is 1. The molecule has 2 atom stereocenters. The van der Waals surface area contributed by atoms with Gasteiger partial charge in [-0.3, -0.25) is 0 Å². The molecule has 2 nitrogen and oxygen atoms in total. The Kier molecular flexibility index (Phi) is 4.52. The lowest BCUT2D eigenvalue weighted by Crippen LogP contribution is -2.11. The number of hydrogen-bond acceptors (Lipinski definition) is 2. The first-order chi connectivity index (χ1) is 7.58. The molecule has 0 radical (unpaired) electrons. The molecule has 0 aliphatic heterocycles. The van der Waals surface area contributed by atoms with Gasteiger partial charge in [-0.15, -0.1) is 0 Å². The first-order valence-electron chi connectivity index (χ1n) is 5.74. The van der Waals surface area contributed by atoms with Gasteiger partial charge in [0.1, 0.15) is 0 Å². The highest BCUT2D eigenvalue weighted by Crippen LogP contribution is 2.26. The summed E-state index contributed by atoms with van der Waals surface area (Å²) in [6.45, 7) is 6.04. The van der Waals surface area contributed by atoms with E-state index in [1.54, 1.807) is 0 Å². The summed E-state index contributed by atoms with van der Waals surface area (Å²) >= 11 is 0. The lowest BCUT2D eigenvalue weighted by atomic mass is 9.91. The Morgan fingerprint density at radius 1 is 1.25 bits per heavy atom. The fourth-order valence-corrected chi connectivity index (χ4v) is 2.02. The van der Waals surface area contributed by atoms with Gasteiger partial charge in [-0.2, -0.15) is 5.26 Å². The maximum absolute atomic E-state index is 10.1. The molecule has 2 unspecified atom stereocenters. The van der Waals surface area contributed by atoms with Crippen LogP contribution in [0, 0.1) is 31.1 Å². The molecule has 0 saturated heterocycles. The molecule has 1 N–H and O–H groups in total. The molecule has 0 heterocycles. The summed E-state index contributed by atoms with van der Waals surface area (Å²) in [7, 11) is 0. The highest BCUT2D eigenvalue weighted by atomic mass is 16.3. The first-order valence-corrected chi connectivity index (χ1v) is 5.74. The Morgan fingerprint density at radius 3 is 2.25 bits per heavy atom. The van der Waals surface area contributed by atoms with Gasteiger partial charge in [0, 0.05) is 0 Å². The maximum atomic E-state index is 10.1. The summed E-state index contributed by atoms with van der Waals surface area (Å²) in [4.78, 5) is 0. The van der Waals surface area contributed by atoms with Crippen molar-refractivity contribution in [3.05, 3.63) is 34.9 Å². The molecule has 0 aliphatic carbocycles. The highest BCUT2D eigenvalue weighted by molar-refractivity contribution is 5.30. The highest BCUT2D eigenvalue weighted by Gasteiger charge is 2.19. The minimum Gasteiger partial charge on any atom is -0.387 e. The molecule has 16 heavy (non-hydrogen) atoms. The van der Waals surface area contributed by atoms with E-state index >= 15 is 0 Å². The number of benzene rings is 1. The van der Waals surface area contributed by atoms with E-state index in [2.05, 4.69) is 12.1 Å². The molecule has 2 heteroatoms. The van der Waals surface area contributed by atoms with Crippen LogP contribution in [0.4, 0.5) is 0 Å². The minimum absolute atomic E-state index is 0.300. The fraction of sp³-hybridized carbons (Fsp3) is 0.500. The Labute approximate surface area is 97.5 Å². The molecule has 0 fully saturated rings. The zero-order valence-corrected chi connectivity index (χ0v) is 10.2. The largest absolute Gasteiger partial charge is 0.387 e. The smallest absolute Gasteiger partial charge is 0.0948 e. The molecule has 86 valence electrons. The van der Waals surface area contributed by atoms with Gasteiger partial charge >= 0.3 is 0 Å². The minimum atomic E-state index is -0.663. The number of rotatable bonds is 4. The zero-order chi connectivity index (χ0) is 12.1. The predicted molar refractivity (Wildman–Crippen MR) is 64.9 cm³/mol. The van der Waals surface area contributed by atoms with E-state index in [4.69, 9.17) is 5.26 Å². The van der Waals surface area contributed by atoms with Gasteiger partial charge < -0.3 is 5.11 Å². The standard InChI is InChI=1S/C14H19NO/c1-4-5-12(9-15)14(16)13-7-10(2)6-11(3)8-13/h6-8,12,14,16H,4-5H2,1-3H3. The average molecular weight is 217 g/mol. The second-order valence-corrected chi connectivity index (χ2v) is 4.39. The average Bonchev–Trinajstić information content (AvgIpc) is 2.23. The van der Waals surface area contributed by atoms with Crippen molar-refractivity contribution in [3.63, 3.8) is 0 Å². The molecule has 0 amide bonds. The van der Waals surface area contributed by atoms with Crippen LogP contribution < -0.4 is 0 Å². The van der Waals surface area contributed by atoms with Crippen molar-refractivity contribution in [1.82, 2.24) is 0 Å². The Balaban J connectivity index is 2.94. The van der Waals surface area contributed by atoms with Crippen molar-refractivity contribution in [2.75, 3.05) is 0 Å².